The number of aldehydes is 1. The van der Waals surface area contributed by atoms with Gasteiger partial charge in [-0.1, -0.05) is 54.6 Å². The molecule has 29 heavy (non-hydrogen) atoms. The maximum absolute atomic E-state index is 11.0. The lowest BCUT2D eigenvalue weighted by atomic mass is 9.89. The van der Waals surface area contributed by atoms with Crippen LogP contribution in [0.1, 0.15) is 28.8 Å². The minimum atomic E-state index is 0.286. The molecule has 3 aromatic rings. The number of ether oxygens (including phenoxy) is 1. The minimum absolute atomic E-state index is 0.286. The molecule has 0 amide bonds. The predicted octanol–water partition coefficient (Wildman–Crippen LogP) is 5.39. The Morgan fingerprint density at radius 2 is 1.69 bits per heavy atom. The van der Waals surface area contributed by atoms with E-state index in [0.29, 0.717) is 11.6 Å². The maximum atomic E-state index is 11.0. The van der Waals surface area contributed by atoms with Crippen LogP contribution >= 0.6 is 0 Å². The van der Waals surface area contributed by atoms with Gasteiger partial charge in [0.1, 0.15) is 6.29 Å². The molecule has 3 nitrogen and oxygen atoms in total. The van der Waals surface area contributed by atoms with E-state index in [1.54, 1.807) is 0 Å². The molecule has 3 aromatic carbocycles. The van der Waals surface area contributed by atoms with Gasteiger partial charge in [0.15, 0.2) is 0 Å². The average molecular weight is 386 g/mol. The van der Waals surface area contributed by atoms with Crippen molar-refractivity contribution in [3.05, 3.63) is 90.0 Å². The summed E-state index contributed by atoms with van der Waals surface area (Å²) < 4.78 is 5.72. The van der Waals surface area contributed by atoms with E-state index >= 15 is 0 Å². The van der Waals surface area contributed by atoms with Gasteiger partial charge in [0, 0.05) is 30.9 Å². The van der Waals surface area contributed by atoms with Crippen LogP contribution in [-0.2, 0) is 11.2 Å². The summed E-state index contributed by atoms with van der Waals surface area (Å²) in [4.78, 5) is 13.5. The minimum Gasteiger partial charge on any atom is -0.381 e. The van der Waals surface area contributed by atoms with Gasteiger partial charge >= 0.3 is 0 Å². The van der Waals surface area contributed by atoms with Crippen LogP contribution < -0.4 is 4.90 Å². The van der Waals surface area contributed by atoms with Gasteiger partial charge in [-0.3, -0.25) is 4.79 Å². The molecule has 1 heterocycles. The molecule has 1 saturated heterocycles. The number of nitrogens with zero attached hydrogens (tertiary/aromatic N) is 1. The van der Waals surface area contributed by atoms with Crippen LogP contribution in [0.3, 0.4) is 0 Å². The zero-order chi connectivity index (χ0) is 20.1. The lowest BCUT2D eigenvalue weighted by molar-refractivity contribution is 0.0700. The predicted molar refractivity (Wildman–Crippen MR) is 119 cm³/mol. The highest BCUT2D eigenvalue weighted by atomic mass is 16.5. The normalized spacial score (nSPS) is 19.1. The van der Waals surface area contributed by atoms with E-state index in [0.717, 1.165) is 32.1 Å². The summed E-state index contributed by atoms with van der Waals surface area (Å²) in [6.45, 7) is 0.955. The van der Waals surface area contributed by atoms with Gasteiger partial charge in [-0.05, 0) is 60.2 Å². The largest absolute Gasteiger partial charge is 0.381 e. The van der Waals surface area contributed by atoms with Crippen molar-refractivity contribution in [2.24, 2.45) is 0 Å². The van der Waals surface area contributed by atoms with Crippen molar-refractivity contribution in [2.45, 2.75) is 31.4 Å². The van der Waals surface area contributed by atoms with Gasteiger partial charge in [-0.15, -0.1) is 0 Å². The van der Waals surface area contributed by atoms with Crippen LogP contribution in [0.2, 0.25) is 0 Å². The molecule has 0 radical (unpaired) electrons. The molecular formula is C26H27NO2. The maximum Gasteiger partial charge on any atom is 0.150 e. The number of hydrogen-bond acceptors (Lipinski definition) is 3. The topological polar surface area (TPSA) is 29.5 Å². The summed E-state index contributed by atoms with van der Waals surface area (Å²) in [7, 11) is 1.81. The highest BCUT2D eigenvalue weighted by molar-refractivity contribution is 5.75. The molecule has 1 aliphatic rings. The van der Waals surface area contributed by atoms with Crippen LogP contribution in [0.15, 0.2) is 78.9 Å². The molecule has 2 unspecified atom stereocenters. The Morgan fingerprint density at radius 1 is 0.966 bits per heavy atom. The third kappa shape index (κ3) is 4.41. The Labute approximate surface area is 172 Å². The van der Waals surface area contributed by atoms with E-state index < -0.39 is 0 Å². The number of anilines is 1. The van der Waals surface area contributed by atoms with Crippen molar-refractivity contribution < 1.29 is 9.53 Å². The summed E-state index contributed by atoms with van der Waals surface area (Å²) in [6.07, 6.45) is 4.15. The molecule has 1 aliphatic heterocycles. The van der Waals surface area contributed by atoms with E-state index in [2.05, 4.69) is 71.6 Å². The quantitative estimate of drug-likeness (QED) is 0.533. The first-order chi connectivity index (χ1) is 14.3. The molecule has 0 aliphatic carbocycles. The summed E-state index contributed by atoms with van der Waals surface area (Å²) in [5, 5.41) is 0. The van der Waals surface area contributed by atoms with Crippen LogP contribution in [0.25, 0.3) is 11.1 Å². The Hall–Kier alpha value is -2.91. The summed E-state index contributed by atoms with van der Waals surface area (Å²) in [5.74, 6) is 0. The van der Waals surface area contributed by atoms with Gasteiger partial charge in [-0.2, -0.15) is 0 Å². The fourth-order valence-electron chi connectivity index (χ4n) is 4.36. The van der Waals surface area contributed by atoms with E-state index in [-0.39, 0.29) is 6.10 Å². The fraction of sp³-hybridized carbons (Fsp3) is 0.269. The first kappa shape index (κ1) is 19.4. The SMILES string of the molecule is COC1CCN(c2ccc(C=O)cc2)C(Cc2ccccc2-c2ccccc2)C1. The van der Waals surface area contributed by atoms with E-state index in [1.165, 1.54) is 22.4 Å². The number of piperidine rings is 1. The molecule has 0 bridgehead atoms. The number of hydrogen-bond donors (Lipinski definition) is 0. The van der Waals surface area contributed by atoms with Crippen molar-refractivity contribution in [3.8, 4) is 11.1 Å². The third-order valence-corrected chi connectivity index (χ3v) is 5.92. The zero-order valence-corrected chi connectivity index (χ0v) is 16.8. The van der Waals surface area contributed by atoms with Crippen LogP contribution in [0.4, 0.5) is 5.69 Å². The molecule has 2 atom stereocenters. The smallest absolute Gasteiger partial charge is 0.150 e. The first-order valence-corrected chi connectivity index (χ1v) is 10.3. The Morgan fingerprint density at radius 3 is 2.41 bits per heavy atom. The van der Waals surface area contributed by atoms with Crippen LogP contribution in [-0.4, -0.2) is 32.1 Å². The Balaban J connectivity index is 1.64. The molecule has 1 fully saturated rings. The number of carbonyl (C=O) groups is 1. The zero-order valence-electron chi connectivity index (χ0n) is 16.8. The lowest BCUT2D eigenvalue weighted by Crippen LogP contribution is -2.46. The lowest BCUT2D eigenvalue weighted by Gasteiger charge is -2.41. The molecule has 148 valence electrons. The second kappa shape index (κ2) is 9.06. The van der Waals surface area contributed by atoms with Crippen molar-refractivity contribution >= 4 is 12.0 Å². The van der Waals surface area contributed by atoms with Gasteiger partial charge in [0.25, 0.3) is 0 Å². The first-order valence-electron chi connectivity index (χ1n) is 10.3. The van der Waals surface area contributed by atoms with Crippen LogP contribution in [0, 0.1) is 0 Å². The monoisotopic (exact) mass is 385 g/mol. The van der Waals surface area contributed by atoms with E-state index in [1.807, 2.05) is 19.2 Å². The second-order valence-corrected chi connectivity index (χ2v) is 7.67. The molecule has 0 N–H and O–H groups in total. The van der Waals surface area contributed by atoms with Crippen molar-refractivity contribution in [3.63, 3.8) is 0 Å². The second-order valence-electron chi connectivity index (χ2n) is 7.67. The Bertz CT molecular complexity index is 936. The fourth-order valence-corrected chi connectivity index (χ4v) is 4.36. The van der Waals surface area contributed by atoms with Gasteiger partial charge in [-0.25, -0.2) is 0 Å². The van der Waals surface area contributed by atoms with Gasteiger partial charge < -0.3 is 9.64 Å². The van der Waals surface area contributed by atoms with Crippen LogP contribution in [0.5, 0.6) is 0 Å². The van der Waals surface area contributed by atoms with Crippen molar-refractivity contribution in [1.29, 1.82) is 0 Å². The number of carbonyl (C=O) groups excluding carboxylic acids is 1. The van der Waals surface area contributed by atoms with Gasteiger partial charge in [0.05, 0.1) is 6.10 Å². The molecule has 4 rings (SSSR count). The Kier molecular flexibility index (Phi) is 6.06. The third-order valence-electron chi connectivity index (χ3n) is 5.92. The number of rotatable bonds is 6. The molecular weight excluding hydrogens is 358 g/mol. The van der Waals surface area contributed by atoms with Crippen molar-refractivity contribution in [2.75, 3.05) is 18.6 Å². The number of benzene rings is 3. The highest BCUT2D eigenvalue weighted by Crippen LogP contribution is 2.31. The highest BCUT2D eigenvalue weighted by Gasteiger charge is 2.29. The summed E-state index contributed by atoms with van der Waals surface area (Å²) in [5.41, 5.74) is 5.79. The molecule has 3 heteroatoms. The van der Waals surface area contributed by atoms with Crippen molar-refractivity contribution in [1.82, 2.24) is 0 Å². The summed E-state index contributed by atoms with van der Waals surface area (Å²) in [6, 6.07) is 27.6. The summed E-state index contributed by atoms with van der Waals surface area (Å²) >= 11 is 0. The van der Waals surface area contributed by atoms with E-state index in [9.17, 15) is 4.79 Å². The molecule has 0 saturated carbocycles. The van der Waals surface area contributed by atoms with Gasteiger partial charge in [0.2, 0.25) is 0 Å². The van der Waals surface area contributed by atoms with E-state index in [4.69, 9.17) is 4.74 Å². The number of methoxy groups -OCH3 is 1. The average Bonchev–Trinajstić information content (AvgIpc) is 2.80. The standard InChI is InChI=1S/C26H27NO2/c1-29-25-15-16-27(23-13-11-20(19-28)12-14-23)24(18-25)17-22-9-5-6-10-26(22)21-7-3-2-4-8-21/h2-14,19,24-25H,15-18H2,1H3. The molecule has 0 aromatic heterocycles. The molecule has 0 spiro atoms.